The van der Waals surface area contributed by atoms with Gasteiger partial charge in [-0.05, 0) is 50.2 Å². The topological polar surface area (TPSA) is 115 Å². The average molecular weight is 527 g/mol. The number of thiophene rings is 1. The second-order valence-electron chi connectivity index (χ2n) is 8.35. The van der Waals surface area contributed by atoms with Gasteiger partial charge in [0, 0.05) is 11.1 Å². The number of nitrogens with zero attached hydrogens (tertiary/aromatic N) is 5. The van der Waals surface area contributed by atoms with Crippen LogP contribution >= 0.6 is 22.7 Å². The minimum absolute atomic E-state index is 0.277. The minimum atomic E-state index is -0.277. The lowest BCUT2D eigenvalue weighted by Crippen LogP contribution is -2.12. The number of carbonyl (C=O) groups excluding carboxylic acids is 1. The highest BCUT2D eigenvalue weighted by Crippen LogP contribution is 2.35. The van der Waals surface area contributed by atoms with Gasteiger partial charge in [-0.1, -0.05) is 24.3 Å². The van der Waals surface area contributed by atoms with Gasteiger partial charge in [-0.25, -0.2) is 14.6 Å². The van der Waals surface area contributed by atoms with Crippen molar-refractivity contribution in [3.8, 4) is 17.1 Å². The number of imidazole rings is 1. The molecule has 184 valence electrons. The number of carbonyl (C=O) groups is 1. The molecule has 0 bridgehead atoms. The van der Waals surface area contributed by atoms with E-state index in [1.807, 2.05) is 74.6 Å². The lowest BCUT2D eigenvalue weighted by atomic mass is 10.2. The van der Waals surface area contributed by atoms with E-state index in [2.05, 4.69) is 25.1 Å². The van der Waals surface area contributed by atoms with Crippen LogP contribution in [0.25, 0.3) is 22.7 Å². The van der Waals surface area contributed by atoms with Crippen LogP contribution in [-0.2, 0) is 0 Å². The van der Waals surface area contributed by atoms with Gasteiger partial charge in [0.05, 0.1) is 38.8 Å². The molecule has 0 atom stereocenters. The van der Waals surface area contributed by atoms with E-state index in [1.54, 1.807) is 28.3 Å². The number of nitrogens with one attached hydrogen (secondary N) is 2. The number of nitrogens with two attached hydrogens (primary N) is 1. The highest BCUT2D eigenvalue weighted by molar-refractivity contribution is 7.19. The van der Waals surface area contributed by atoms with Crippen LogP contribution in [0.1, 0.15) is 20.2 Å². The third-order valence-corrected chi connectivity index (χ3v) is 7.67. The molecule has 0 aliphatic heterocycles. The maximum atomic E-state index is 12.9. The molecule has 0 saturated carbocycles. The van der Waals surface area contributed by atoms with Crippen LogP contribution in [0, 0.1) is 13.8 Å². The number of fused-ring (bicyclic) bond motifs is 1. The third kappa shape index (κ3) is 4.34. The van der Waals surface area contributed by atoms with Crippen LogP contribution in [0.4, 0.5) is 21.6 Å². The van der Waals surface area contributed by atoms with Gasteiger partial charge in [-0.3, -0.25) is 9.20 Å². The molecule has 4 N–H and O–H groups in total. The van der Waals surface area contributed by atoms with Gasteiger partial charge in [0.2, 0.25) is 0 Å². The Morgan fingerprint density at radius 3 is 2.62 bits per heavy atom. The molecule has 0 radical (unpaired) electrons. The molecule has 6 rings (SSSR count). The molecule has 0 aliphatic rings. The molecule has 0 unspecified atom stereocenters. The predicted molar refractivity (Wildman–Crippen MR) is 149 cm³/mol. The van der Waals surface area contributed by atoms with Crippen LogP contribution in [0.5, 0.6) is 0 Å². The first-order chi connectivity index (χ1) is 18.0. The maximum absolute atomic E-state index is 12.9. The number of para-hydroxylation sites is 1. The molecule has 0 spiro atoms. The number of amides is 1. The number of aryl methyl sites for hydroxylation is 2. The van der Waals surface area contributed by atoms with Crippen LogP contribution in [-0.4, -0.2) is 30.1 Å². The van der Waals surface area contributed by atoms with Crippen molar-refractivity contribution in [1.82, 2.24) is 24.1 Å². The summed E-state index contributed by atoms with van der Waals surface area (Å²) < 4.78 is 3.69. The van der Waals surface area contributed by atoms with Crippen molar-refractivity contribution in [1.29, 1.82) is 0 Å². The molecule has 5 aromatic heterocycles. The number of rotatable bonds is 6. The number of anilines is 4. The summed E-state index contributed by atoms with van der Waals surface area (Å²) in [5.41, 5.74) is 11.0. The quantitative estimate of drug-likeness (QED) is 0.249. The molecule has 9 nitrogen and oxygen atoms in total. The summed E-state index contributed by atoms with van der Waals surface area (Å²) in [6, 6.07) is 19.1. The van der Waals surface area contributed by atoms with E-state index in [-0.39, 0.29) is 5.91 Å². The number of hydrogen-bond donors (Lipinski definition) is 3. The summed E-state index contributed by atoms with van der Waals surface area (Å²) in [6.07, 6.45) is 3.68. The van der Waals surface area contributed by atoms with Crippen molar-refractivity contribution >= 4 is 55.9 Å². The number of nitrogen functional groups attached to an aromatic ring is 1. The van der Waals surface area contributed by atoms with Crippen LogP contribution in [0.3, 0.4) is 0 Å². The summed E-state index contributed by atoms with van der Waals surface area (Å²) in [5, 5.41) is 12.1. The highest BCUT2D eigenvalue weighted by Gasteiger charge is 2.19. The summed E-state index contributed by atoms with van der Waals surface area (Å²) in [5.74, 6) is 0.0424. The molecule has 0 aliphatic carbocycles. The van der Waals surface area contributed by atoms with Gasteiger partial charge in [0.1, 0.15) is 11.3 Å². The number of thiazole rings is 1. The third-order valence-electron chi connectivity index (χ3n) is 5.78. The fraction of sp³-hybridized carbons (Fsp3) is 0.0769. The molecule has 5 heterocycles. The lowest BCUT2D eigenvalue weighted by molar-refractivity contribution is 0.103. The van der Waals surface area contributed by atoms with Gasteiger partial charge in [0.25, 0.3) is 5.91 Å². The molecule has 0 fully saturated rings. The van der Waals surface area contributed by atoms with Gasteiger partial charge >= 0.3 is 0 Å². The predicted octanol–water partition coefficient (Wildman–Crippen LogP) is 5.90. The van der Waals surface area contributed by atoms with Gasteiger partial charge in [-0.2, -0.15) is 0 Å². The minimum Gasteiger partial charge on any atom is -0.394 e. The number of aromatic nitrogens is 5. The fourth-order valence-corrected chi connectivity index (χ4v) is 5.76. The Hall–Kier alpha value is -4.48. The zero-order chi connectivity index (χ0) is 25.5. The van der Waals surface area contributed by atoms with E-state index in [0.29, 0.717) is 16.4 Å². The number of hydrogen-bond acceptors (Lipinski definition) is 8. The van der Waals surface area contributed by atoms with Gasteiger partial charge < -0.3 is 16.4 Å². The Kier molecular flexibility index (Phi) is 5.70. The van der Waals surface area contributed by atoms with Gasteiger partial charge in [0.15, 0.2) is 10.9 Å². The highest BCUT2D eigenvalue weighted by atomic mass is 32.1. The van der Waals surface area contributed by atoms with Crippen molar-refractivity contribution in [3.63, 3.8) is 0 Å². The standard InChI is InChI=1S/C26H22N8OS2/c1-15-23(33-13-7-6-10-20(33)28-15)22-16(2)36-26(30-22)29-21-12-11-19(37-21)25(35)31-24-18(27)14-34(32-24)17-8-4-3-5-9-17/h3-14H,27H2,1-2H3,(H,29,30)(H,31,32,35). The molecule has 37 heavy (non-hydrogen) atoms. The molecule has 1 amide bonds. The van der Waals surface area contributed by atoms with E-state index in [9.17, 15) is 4.79 Å². The Balaban J connectivity index is 1.19. The summed E-state index contributed by atoms with van der Waals surface area (Å²) in [7, 11) is 0. The molecule has 11 heteroatoms. The molecule has 6 aromatic rings. The average Bonchev–Trinajstić information content (AvgIpc) is 3.66. The van der Waals surface area contributed by atoms with E-state index in [1.165, 1.54) is 11.3 Å². The first-order valence-electron chi connectivity index (χ1n) is 11.5. The Bertz CT molecular complexity index is 1740. The van der Waals surface area contributed by atoms with Crippen LogP contribution < -0.4 is 16.4 Å². The first kappa shape index (κ1) is 23.0. The second-order valence-corrected chi connectivity index (χ2v) is 10.6. The maximum Gasteiger partial charge on any atom is 0.267 e. The van der Waals surface area contributed by atoms with Crippen molar-refractivity contribution in [2.45, 2.75) is 13.8 Å². The Labute approximate surface area is 220 Å². The molecular weight excluding hydrogens is 504 g/mol. The lowest BCUT2D eigenvalue weighted by Gasteiger charge is -2.02. The van der Waals surface area contributed by atoms with Crippen molar-refractivity contribution in [3.05, 3.63) is 88.5 Å². The van der Waals surface area contributed by atoms with E-state index in [0.717, 1.165) is 43.4 Å². The zero-order valence-corrected chi connectivity index (χ0v) is 21.6. The largest absolute Gasteiger partial charge is 0.394 e. The summed E-state index contributed by atoms with van der Waals surface area (Å²) >= 11 is 2.89. The molecular formula is C26H22N8OS2. The zero-order valence-electron chi connectivity index (χ0n) is 20.0. The Morgan fingerprint density at radius 2 is 1.78 bits per heavy atom. The molecule has 0 saturated heterocycles. The van der Waals surface area contributed by atoms with E-state index < -0.39 is 0 Å². The smallest absolute Gasteiger partial charge is 0.267 e. The first-order valence-corrected chi connectivity index (χ1v) is 13.1. The van der Waals surface area contributed by atoms with Crippen LogP contribution in [0.2, 0.25) is 0 Å². The SMILES string of the molecule is Cc1nc2ccccn2c1-c1nc(Nc2ccc(C(=O)Nc3nn(-c4ccccc4)cc3N)s2)sc1C. The normalized spacial score (nSPS) is 11.2. The fourth-order valence-electron chi connectivity index (χ4n) is 4.07. The number of benzene rings is 1. The van der Waals surface area contributed by atoms with Crippen molar-refractivity contribution < 1.29 is 4.79 Å². The Morgan fingerprint density at radius 1 is 0.973 bits per heavy atom. The van der Waals surface area contributed by atoms with Crippen molar-refractivity contribution in [2.24, 2.45) is 0 Å². The van der Waals surface area contributed by atoms with Crippen LogP contribution in [0.15, 0.2) is 73.1 Å². The summed E-state index contributed by atoms with van der Waals surface area (Å²) in [6.45, 7) is 4.04. The van der Waals surface area contributed by atoms with Gasteiger partial charge in [-0.15, -0.1) is 27.8 Å². The van der Waals surface area contributed by atoms with E-state index in [4.69, 9.17) is 10.7 Å². The number of pyridine rings is 1. The molecule has 1 aromatic carbocycles. The second kappa shape index (κ2) is 9.19. The monoisotopic (exact) mass is 526 g/mol. The van der Waals surface area contributed by atoms with E-state index >= 15 is 0 Å². The summed E-state index contributed by atoms with van der Waals surface area (Å²) in [4.78, 5) is 24.0. The van der Waals surface area contributed by atoms with Crippen molar-refractivity contribution in [2.75, 3.05) is 16.4 Å².